The Balaban J connectivity index is 1.97. The molecule has 3 aromatic rings. The Hall–Kier alpha value is -2.15. The molecular weight excluding hydrogens is 272 g/mol. The number of fused-ring (bicyclic) bond motifs is 1. The van der Waals surface area contributed by atoms with Crippen LogP contribution in [0.15, 0.2) is 23.8 Å². The Bertz CT molecular complexity index is 690. The lowest BCUT2D eigenvalue weighted by Gasteiger charge is -2.18. The van der Waals surface area contributed by atoms with Crippen LogP contribution in [0.2, 0.25) is 0 Å². The average Bonchev–Trinajstić information content (AvgIpc) is 3.08. The molecular formula is C13H16N6S. The lowest BCUT2D eigenvalue weighted by atomic mass is 10.4. The van der Waals surface area contributed by atoms with E-state index in [0.29, 0.717) is 11.6 Å². The molecule has 0 fully saturated rings. The van der Waals surface area contributed by atoms with Crippen molar-refractivity contribution in [3.8, 4) is 0 Å². The molecule has 2 N–H and O–H groups in total. The van der Waals surface area contributed by atoms with Gasteiger partial charge < -0.3 is 15.2 Å². The smallest absolute Gasteiger partial charge is 0.226 e. The van der Waals surface area contributed by atoms with E-state index < -0.39 is 0 Å². The number of thiophene rings is 1. The van der Waals surface area contributed by atoms with E-state index in [-0.39, 0.29) is 0 Å². The third kappa shape index (κ3) is 2.44. The summed E-state index contributed by atoms with van der Waals surface area (Å²) in [6.07, 6.45) is 1.65. The first-order valence-corrected chi connectivity index (χ1v) is 7.34. The van der Waals surface area contributed by atoms with E-state index in [1.54, 1.807) is 17.7 Å². The third-order valence-corrected chi connectivity index (χ3v) is 3.80. The van der Waals surface area contributed by atoms with Crippen molar-refractivity contribution in [1.29, 1.82) is 0 Å². The molecule has 0 aromatic carbocycles. The van der Waals surface area contributed by atoms with Crippen molar-refractivity contribution in [2.45, 2.75) is 13.5 Å². The quantitative estimate of drug-likeness (QED) is 0.755. The van der Waals surface area contributed by atoms with E-state index in [1.807, 2.05) is 14.0 Å². The van der Waals surface area contributed by atoms with Crippen molar-refractivity contribution in [3.05, 3.63) is 28.7 Å². The summed E-state index contributed by atoms with van der Waals surface area (Å²) in [4.78, 5) is 19.7. The van der Waals surface area contributed by atoms with Gasteiger partial charge in [0, 0.05) is 18.5 Å². The van der Waals surface area contributed by atoms with Gasteiger partial charge in [-0.3, -0.25) is 0 Å². The molecule has 3 heterocycles. The highest BCUT2D eigenvalue weighted by Crippen LogP contribution is 2.24. The molecule has 0 atom stereocenters. The number of nitrogens with one attached hydrogen (secondary N) is 2. The van der Waals surface area contributed by atoms with Crippen LogP contribution < -0.4 is 10.2 Å². The summed E-state index contributed by atoms with van der Waals surface area (Å²) in [5.74, 6) is 1.47. The fourth-order valence-electron chi connectivity index (χ4n) is 2.04. The Morgan fingerprint density at radius 2 is 2.30 bits per heavy atom. The fraction of sp³-hybridized carbons (Fsp3) is 0.308. The van der Waals surface area contributed by atoms with E-state index in [4.69, 9.17) is 0 Å². The van der Waals surface area contributed by atoms with Gasteiger partial charge in [-0.1, -0.05) is 6.07 Å². The molecule has 20 heavy (non-hydrogen) atoms. The molecule has 0 saturated heterocycles. The topological polar surface area (TPSA) is 69.7 Å². The zero-order chi connectivity index (χ0) is 13.9. The first-order valence-electron chi connectivity index (χ1n) is 6.46. The highest BCUT2D eigenvalue weighted by Gasteiger charge is 2.14. The van der Waals surface area contributed by atoms with Crippen LogP contribution in [-0.4, -0.2) is 33.5 Å². The van der Waals surface area contributed by atoms with Crippen LogP contribution in [0, 0.1) is 0 Å². The van der Waals surface area contributed by atoms with Crippen LogP contribution in [0.3, 0.4) is 0 Å². The van der Waals surface area contributed by atoms with Gasteiger partial charge in [-0.25, -0.2) is 4.98 Å². The molecule has 6 nitrogen and oxygen atoms in total. The van der Waals surface area contributed by atoms with E-state index >= 15 is 0 Å². The summed E-state index contributed by atoms with van der Waals surface area (Å²) in [6.45, 7) is 3.62. The molecule has 0 radical (unpaired) electrons. The number of hydrogen-bond donors (Lipinski definition) is 2. The second-order valence-corrected chi connectivity index (χ2v) is 5.47. The average molecular weight is 288 g/mol. The second kappa shape index (κ2) is 5.46. The lowest BCUT2D eigenvalue weighted by molar-refractivity contribution is 0.911. The number of aromatic nitrogens is 4. The molecule has 7 heteroatoms. The van der Waals surface area contributed by atoms with Crippen molar-refractivity contribution >= 4 is 34.3 Å². The minimum atomic E-state index is 0.611. The Labute approximate surface area is 120 Å². The highest BCUT2D eigenvalue weighted by atomic mass is 32.1. The molecule has 0 saturated carbocycles. The molecule has 0 aliphatic carbocycles. The van der Waals surface area contributed by atoms with Crippen molar-refractivity contribution < 1.29 is 0 Å². The number of aromatic amines is 1. The summed E-state index contributed by atoms with van der Waals surface area (Å²) in [7, 11) is 2.03. The Kier molecular flexibility index (Phi) is 3.51. The maximum atomic E-state index is 4.58. The number of anilines is 2. The van der Waals surface area contributed by atoms with Crippen molar-refractivity contribution in [2.75, 3.05) is 23.8 Å². The van der Waals surface area contributed by atoms with Gasteiger partial charge >= 0.3 is 0 Å². The molecule has 3 rings (SSSR count). The van der Waals surface area contributed by atoms with Gasteiger partial charge in [-0.15, -0.1) is 11.3 Å². The summed E-state index contributed by atoms with van der Waals surface area (Å²) in [5.41, 5.74) is 1.55. The summed E-state index contributed by atoms with van der Waals surface area (Å²) < 4.78 is 0. The first kappa shape index (κ1) is 12.9. The maximum absolute atomic E-state index is 4.58. The molecule has 0 bridgehead atoms. The van der Waals surface area contributed by atoms with Crippen LogP contribution in [0.1, 0.15) is 11.8 Å². The van der Waals surface area contributed by atoms with E-state index in [1.165, 1.54) is 4.88 Å². The van der Waals surface area contributed by atoms with E-state index in [9.17, 15) is 0 Å². The number of H-pyrrole nitrogens is 1. The monoisotopic (exact) mass is 288 g/mol. The maximum Gasteiger partial charge on any atom is 0.226 e. The summed E-state index contributed by atoms with van der Waals surface area (Å²) in [5, 5.41) is 5.23. The summed E-state index contributed by atoms with van der Waals surface area (Å²) in [6, 6.07) is 4.18. The zero-order valence-electron chi connectivity index (χ0n) is 11.4. The predicted octanol–water partition coefficient (Wildman–Crippen LogP) is 2.48. The standard InChI is InChI=1S/C13H16N6S/c1-3-14-13-17-11-10(15-8-16-11)12(18-13)19(2)7-9-5-4-6-20-9/h4-6,8H,3,7H2,1-2H3,(H2,14,15,16,17,18). The fourth-order valence-corrected chi connectivity index (χ4v) is 2.80. The van der Waals surface area contributed by atoms with E-state index in [2.05, 4.69) is 47.7 Å². The molecule has 3 aromatic heterocycles. The molecule has 0 aliphatic rings. The van der Waals surface area contributed by atoms with Crippen LogP contribution in [0.5, 0.6) is 0 Å². The van der Waals surface area contributed by atoms with Gasteiger partial charge in [0.25, 0.3) is 0 Å². The summed E-state index contributed by atoms with van der Waals surface area (Å²) >= 11 is 1.74. The van der Waals surface area contributed by atoms with Gasteiger partial charge in [0.1, 0.15) is 5.52 Å². The van der Waals surface area contributed by atoms with Crippen molar-refractivity contribution in [2.24, 2.45) is 0 Å². The molecule has 0 amide bonds. The van der Waals surface area contributed by atoms with Crippen LogP contribution >= 0.6 is 11.3 Å². The SMILES string of the molecule is CCNc1nc(N(C)Cc2cccs2)c2[nH]cnc2n1. The predicted molar refractivity (Wildman–Crippen MR) is 82.3 cm³/mol. The molecule has 0 aliphatic heterocycles. The van der Waals surface area contributed by atoms with Crippen LogP contribution in [0.25, 0.3) is 11.2 Å². The van der Waals surface area contributed by atoms with Gasteiger partial charge in [0.15, 0.2) is 11.5 Å². The minimum Gasteiger partial charge on any atom is -0.354 e. The number of nitrogens with zero attached hydrogens (tertiary/aromatic N) is 4. The first-order chi connectivity index (χ1) is 9.78. The Morgan fingerprint density at radius 1 is 1.40 bits per heavy atom. The molecule has 0 spiro atoms. The van der Waals surface area contributed by atoms with Gasteiger partial charge in [-0.2, -0.15) is 9.97 Å². The zero-order valence-corrected chi connectivity index (χ0v) is 12.2. The van der Waals surface area contributed by atoms with Crippen LogP contribution in [0.4, 0.5) is 11.8 Å². The normalized spacial score (nSPS) is 10.9. The second-order valence-electron chi connectivity index (χ2n) is 4.44. The van der Waals surface area contributed by atoms with Crippen molar-refractivity contribution in [3.63, 3.8) is 0 Å². The number of hydrogen-bond acceptors (Lipinski definition) is 6. The van der Waals surface area contributed by atoms with Gasteiger partial charge in [0.05, 0.1) is 12.9 Å². The largest absolute Gasteiger partial charge is 0.354 e. The van der Waals surface area contributed by atoms with E-state index in [0.717, 1.165) is 24.4 Å². The van der Waals surface area contributed by atoms with Gasteiger partial charge in [-0.05, 0) is 18.4 Å². The Morgan fingerprint density at radius 3 is 3.05 bits per heavy atom. The van der Waals surface area contributed by atoms with Crippen molar-refractivity contribution in [1.82, 2.24) is 19.9 Å². The van der Waals surface area contributed by atoms with Crippen LogP contribution in [-0.2, 0) is 6.54 Å². The molecule has 0 unspecified atom stereocenters. The highest BCUT2D eigenvalue weighted by molar-refractivity contribution is 7.09. The van der Waals surface area contributed by atoms with Gasteiger partial charge in [0.2, 0.25) is 5.95 Å². The number of rotatable bonds is 5. The lowest BCUT2D eigenvalue weighted by Crippen LogP contribution is -2.18. The molecule has 104 valence electrons. The number of imidazole rings is 1. The third-order valence-electron chi connectivity index (χ3n) is 2.94. The minimum absolute atomic E-state index is 0.611.